The molecule has 1 heterocycles. The molecule has 0 spiro atoms. The standard InChI is InChI=1S/C5H8Cl2N4O/c1-3(12)8-5-2-4(6)9-11(7)10-5/h2-3,9,12H,1H3,(H,8,10). The molecule has 0 fully saturated rings. The lowest BCUT2D eigenvalue weighted by atomic mass is 10.5. The van der Waals surface area contributed by atoms with Crippen LogP contribution in [0.4, 0.5) is 0 Å². The van der Waals surface area contributed by atoms with Crippen LogP contribution in [0, 0.1) is 0 Å². The minimum Gasteiger partial charge on any atom is -0.374 e. The van der Waals surface area contributed by atoms with Crippen LogP contribution in [0.1, 0.15) is 6.92 Å². The van der Waals surface area contributed by atoms with Crippen molar-refractivity contribution in [2.45, 2.75) is 13.2 Å². The summed E-state index contributed by atoms with van der Waals surface area (Å²) in [4.78, 5) is 0. The van der Waals surface area contributed by atoms with Crippen LogP contribution in [0.3, 0.4) is 0 Å². The number of hydrazine groups is 1. The molecule has 1 unspecified atom stereocenters. The molecule has 0 saturated heterocycles. The average Bonchev–Trinajstić information content (AvgIpc) is 1.81. The molecular weight excluding hydrogens is 203 g/mol. The van der Waals surface area contributed by atoms with Gasteiger partial charge in [-0.05, 0) is 6.92 Å². The average molecular weight is 211 g/mol. The first-order chi connectivity index (χ1) is 5.58. The summed E-state index contributed by atoms with van der Waals surface area (Å²) < 4.78 is 0.924. The van der Waals surface area contributed by atoms with Crippen molar-refractivity contribution >= 4 is 29.2 Å². The van der Waals surface area contributed by atoms with Gasteiger partial charge >= 0.3 is 0 Å². The van der Waals surface area contributed by atoms with E-state index < -0.39 is 6.23 Å². The second-order valence-electron chi connectivity index (χ2n) is 2.17. The van der Waals surface area contributed by atoms with Gasteiger partial charge in [0.25, 0.3) is 0 Å². The lowest BCUT2D eigenvalue weighted by molar-refractivity contribution is 0.179. The maximum Gasteiger partial charge on any atom is 0.154 e. The molecule has 12 heavy (non-hydrogen) atoms. The van der Waals surface area contributed by atoms with E-state index >= 15 is 0 Å². The van der Waals surface area contributed by atoms with Crippen LogP contribution in [-0.2, 0) is 0 Å². The van der Waals surface area contributed by atoms with Crippen LogP contribution >= 0.6 is 23.4 Å². The van der Waals surface area contributed by atoms with Gasteiger partial charge in [-0.3, -0.25) is 5.43 Å². The summed E-state index contributed by atoms with van der Waals surface area (Å²) in [7, 11) is 0. The highest BCUT2D eigenvalue weighted by Gasteiger charge is 2.09. The van der Waals surface area contributed by atoms with Gasteiger partial charge in [0, 0.05) is 6.08 Å². The van der Waals surface area contributed by atoms with Crippen molar-refractivity contribution < 1.29 is 5.11 Å². The normalized spacial score (nSPS) is 19.2. The Bertz CT molecular complexity index is 227. The maximum atomic E-state index is 8.93. The molecule has 1 atom stereocenters. The zero-order chi connectivity index (χ0) is 9.14. The van der Waals surface area contributed by atoms with Crippen molar-refractivity contribution in [3.63, 3.8) is 0 Å². The first-order valence-corrected chi connectivity index (χ1v) is 3.92. The van der Waals surface area contributed by atoms with Crippen LogP contribution < -0.4 is 10.7 Å². The lowest BCUT2D eigenvalue weighted by Gasteiger charge is -2.19. The number of amidine groups is 1. The Morgan fingerprint density at radius 3 is 3.00 bits per heavy atom. The third kappa shape index (κ3) is 2.77. The van der Waals surface area contributed by atoms with Crippen molar-refractivity contribution in [1.29, 1.82) is 0 Å². The van der Waals surface area contributed by atoms with Gasteiger partial charge in [-0.15, -0.1) is 9.74 Å². The maximum absolute atomic E-state index is 8.93. The highest BCUT2D eigenvalue weighted by Crippen LogP contribution is 2.06. The fourth-order valence-electron chi connectivity index (χ4n) is 0.673. The van der Waals surface area contributed by atoms with Crippen LogP contribution in [0.5, 0.6) is 0 Å². The van der Waals surface area contributed by atoms with Gasteiger partial charge in [0.1, 0.15) is 11.4 Å². The summed E-state index contributed by atoms with van der Waals surface area (Å²) in [5, 5.41) is 15.6. The number of halogens is 2. The van der Waals surface area contributed by atoms with Gasteiger partial charge in [0.2, 0.25) is 0 Å². The third-order valence-electron chi connectivity index (χ3n) is 1.01. The van der Waals surface area contributed by atoms with Crippen LogP contribution in [0.15, 0.2) is 16.3 Å². The summed E-state index contributed by atoms with van der Waals surface area (Å²) in [5.41, 5.74) is 2.50. The summed E-state index contributed by atoms with van der Waals surface area (Å²) >= 11 is 11.1. The number of nitrogens with one attached hydrogen (secondary N) is 2. The van der Waals surface area contributed by atoms with E-state index in [0.717, 1.165) is 4.64 Å². The van der Waals surface area contributed by atoms with Gasteiger partial charge in [-0.1, -0.05) is 11.6 Å². The van der Waals surface area contributed by atoms with E-state index in [2.05, 4.69) is 15.8 Å². The summed E-state index contributed by atoms with van der Waals surface area (Å²) in [6.07, 6.45) is 0.806. The van der Waals surface area contributed by atoms with E-state index in [1.165, 1.54) is 6.08 Å². The smallest absolute Gasteiger partial charge is 0.154 e. The molecule has 0 bridgehead atoms. The van der Waals surface area contributed by atoms with E-state index in [4.69, 9.17) is 28.5 Å². The summed E-state index contributed by atoms with van der Waals surface area (Å²) in [6.45, 7) is 1.56. The lowest BCUT2D eigenvalue weighted by Crippen LogP contribution is -2.37. The fraction of sp³-hybridized carbons (Fsp3) is 0.400. The van der Waals surface area contributed by atoms with E-state index in [9.17, 15) is 0 Å². The largest absolute Gasteiger partial charge is 0.374 e. The quantitative estimate of drug-likeness (QED) is 0.331. The molecule has 1 aliphatic heterocycles. The predicted octanol–water partition coefficient (Wildman–Crippen LogP) is 0.282. The summed E-state index contributed by atoms with van der Waals surface area (Å²) in [5.74, 6) is 0.392. The van der Waals surface area contributed by atoms with E-state index in [1.807, 2.05) is 0 Å². The fourth-order valence-corrected chi connectivity index (χ4v) is 1.07. The minimum atomic E-state index is -0.701. The zero-order valence-corrected chi connectivity index (χ0v) is 7.76. The van der Waals surface area contributed by atoms with E-state index in [1.54, 1.807) is 6.92 Å². The van der Waals surface area contributed by atoms with Gasteiger partial charge in [0.15, 0.2) is 5.84 Å². The van der Waals surface area contributed by atoms with Crippen LogP contribution in [0.25, 0.3) is 0 Å². The van der Waals surface area contributed by atoms with Gasteiger partial charge in [0.05, 0.1) is 11.8 Å². The molecule has 0 aliphatic carbocycles. The van der Waals surface area contributed by atoms with Crippen molar-refractivity contribution in [2.75, 3.05) is 0 Å². The molecular formula is C5H8Cl2N4O. The molecule has 0 radical (unpaired) electrons. The molecule has 0 aromatic heterocycles. The molecule has 7 heteroatoms. The first-order valence-electron chi connectivity index (χ1n) is 3.21. The Balaban J connectivity index is 2.63. The highest BCUT2D eigenvalue weighted by molar-refractivity contribution is 6.31. The third-order valence-corrected chi connectivity index (χ3v) is 1.37. The van der Waals surface area contributed by atoms with Crippen LogP contribution in [-0.4, -0.2) is 21.8 Å². The van der Waals surface area contributed by atoms with E-state index in [-0.39, 0.29) is 0 Å². The molecule has 3 N–H and O–H groups in total. The molecule has 68 valence electrons. The molecule has 0 aromatic rings. The first kappa shape index (κ1) is 9.44. The topological polar surface area (TPSA) is 59.9 Å². The van der Waals surface area contributed by atoms with E-state index in [0.29, 0.717) is 11.0 Å². The second-order valence-corrected chi connectivity index (χ2v) is 2.90. The SMILES string of the molecule is CC(O)NC1=NN(Cl)NC(Cl)=C1. The Labute approximate surface area is 79.7 Å². The molecule has 0 amide bonds. The Morgan fingerprint density at radius 1 is 1.83 bits per heavy atom. The zero-order valence-electron chi connectivity index (χ0n) is 6.25. The molecule has 0 saturated carbocycles. The van der Waals surface area contributed by atoms with Gasteiger partial charge in [-0.25, -0.2) is 0 Å². The van der Waals surface area contributed by atoms with Crippen molar-refractivity contribution in [3.05, 3.63) is 11.2 Å². The monoisotopic (exact) mass is 210 g/mol. The van der Waals surface area contributed by atoms with Crippen molar-refractivity contribution in [1.82, 2.24) is 15.4 Å². The predicted molar refractivity (Wildman–Crippen MR) is 47.0 cm³/mol. The van der Waals surface area contributed by atoms with Crippen LogP contribution in [0.2, 0.25) is 0 Å². The number of aliphatic hydroxyl groups excluding tert-OH is 1. The van der Waals surface area contributed by atoms with Gasteiger partial charge in [-0.2, -0.15) is 0 Å². The van der Waals surface area contributed by atoms with Crippen molar-refractivity contribution in [3.8, 4) is 0 Å². The number of hydrogen-bond acceptors (Lipinski definition) is 5. The summed E-state index contributed by atoms with van der Waals surface area (Å²) in [6, 6.07) is 0. The number of hydrazone groups is 1. The van der Waals surface area contributed by atoms with Crippen molar-refractivity contribution in [2.24, 2.45) is 5.10 Å². The number of rotatable bonds is 1. The Hall–Kier alpha value is -0.650. The number of nitrogens with zero attached hydrogens (tertiary/aromatic N) is 2. The number of hydrogen-bond donors (Lipinski definition) is 3. The minimum absolute atomic E-state index is 0.322. The highest BCUT2D eigenvalue weighted by atomic mass is 35.5. The molecule has 5 nitrogen and oxygen atoms in total. The Kier molecular flexibility index (Phi) is 3.02. The molecule has 1 rings (SSSR count). The van der Waals surface area contributed by atoms with Gasteiger partial charge < -0.3 is 10.4 Å². The molecule has 1 aliphatic rings. The number of aliphatic hydroxyl groups is 1. The Morgan fingerprint density at radius 2 is 2.50 bits per heavy atom. The molecule has 0 aromatic carbocycles. The second kappa shape index (κ2) is 3.84.